The summed E-state index contributed by atoms with van der Waals surface area (Å²) in [4.78, 5) is 40.7. The molecule has 1 aliphatic heterocycles. The van der Waals surface area contributed by atoms with E-state index in [2.05, 4.69) is 5.10 Å². The average Bonchev–Trinajstić information content (AvgIpc) is 2.78. The minimum Gasteiger partial charge on any atom is -0.378 e. The minimum absolute atomic E-state index is 0.0528. The second-order valence-electron chi connectivity index (χ2n) is 6.66. The highest BCUT2D eigenvalue weighted by molar-refractivity contribution is 5.91. The maximum atomic E-state index is 13.1. The van der Waals surface area contributed by atoms with Gasteiger partial charge in [-0.2, -0.15) is 9.78 Å². The van der Waals surface area contributed by atoms with Gasteiger partial charge < -0.3 is 9.64 Å². The number of para-hydroxylation sites is 1. The third kappa shape index (κ3) is 3.88. The number of benzene rings is 2. The van der Waals surface area contributed by atoms with Gasteiger partial charge in [-0.25, -0.2) is 4.79 Å². The monoisotopic (exact) mass is 392 g/mol. The molecule has 1 amide bonds. The number of hydrogen-bond acceptors (Lipinski definition) is 5. The number of morpholine rings is 1. The average molecular weight is 392 g/mol. The molecule has 0 radical (unpaired) electrons. The first-order chi connectivity index (χ1) is 14.1. The van der Waals surface area contributed by atoms with Crippen molar-refractivity contribution in [1.82, 2.24) is 19.2 Å². The summed E-state index contributed by atoms with van der Waals surface area (Å²) in [6.45, 7) is 1.62. The minimum atomic E-state index is -0.692. The van der Waals surface area contributed by atoms with Crippen LogP contribution in [0.25, 0.3) is 5.69 Å². The summed E-state index contributed by atoms with van der Waals surface area (Å²) in [7, 11) is 0. The van der Waals surface area contributed by atoms with Crippen molar-refractivity contribution in [3.05, 3.63) is 92.8 Å². The Morgan fingerprint density at radius 1 is 0.931 bits per heavy atom. The molecule has 148 valence electrons. The first-order valence-corrected chi connectivity index (χ1v) is 9.35. The van der Waals surface area contributed by atoms with Crippen LogP contribution < -0.4 is 11.2 Å². The Kier molecular flexibility index (Phi) is 5.35. The molecule has 0 N–H and O–H groups in total. The quantitative estimate of drug-likeness (QED) is 0.659. The van der Waals surface area contributed by atoms with Crippen LogP contribution in [0.2, 0.25) is 0 Å². The van der Waals surface area contributed by atoms with Crippen molar-refractivity contribution in [3.63, 3.8) is 0 Å². The highest BCUT2D eigenvalue weighted by Gasteiger charge is 2.26. The largest absolute Gasteiger partial charge is 0.378 e. The summed E-state index contributed by atoms with van der Waals surface area (Å²) in [5.74, 6) is -0.496. The molecule has 1 aliphatic rings. The number of carbonyl (C=O) groups excluding carboxylic acids is 1. The van der Waals surface area contributed by atoms with Crippen molar-refractivity contribution in [3.8, 4) is 5.69 Å². The van der Waals surface area contributed by atoms with Gasteiger partial charge in [-0.1, -0.05) is 48.5 Å². The van der Waals surface area contributed by atoms with E-state index >= 15 is 0 Å². The standard InChI is InChI=1S/C21H20N4O4/c26-19(23-11-13-29-14-12-23)18-20(27)24(15-16-7-3-1-4-8-16)21(28)25(22-18)17-9-5-2-6-10-17/h1-10H,11-15H2. The van der Waals surface area contributed by atoms with Gasteiger partial charge in [0.1, 0.15) is 0 Å². The van der Waals surface area contributed by atoms with Gasteiger partial charge in [0.25, 0.3) is 11.5 Å². The summed E-state index contributed by atoms with van der Waals surface area (Å²) in [5, 5.41) is 4.16. The molecule has 0 spiro atoms. The van der Waals surface area contributed by atoms with E-state index < -0.39 is 17.2 Å². The van der Waals surface area contributed by atoms with Crippen LogP contribution in [-0.4, -0.2) is 51.5 Å². The van der Waals surface area contributed by atoms with Crippen LogP contribution in [-0.2, 0) is 11.3 Å². The van der Waals surface area contributed by atoms with Gasteiger partial charge in [0.2, 0.25) is 5.69 Å². The number of carbonyl (C=O) groups is 1. The lowest BCUT2D eigenvalue weighted by molar-refractivity contribution is 0.0295. The highest BCUT2D eigenvalue weighted by Crippen LogP contribution is 2.06. The fourth-order valence-corrected chi connectivity index (χ4v) is 3.21. The summed E-state index contributed by atoms with van der Waals surface area (Å²) < 4.78 is 7.45. The lowest BCUT2D eigenvalue weighted by atomic mass is 10.2. The third-order valence-electron chi connectivity index (χ3n) is 4.74. The van der Waals surface area contributed by atoms with E-state index in [1.54, 1.807) is 24.3 Å². The molecule has 1 fully saturated rings. The van der Waals surface area contributed by atoms with Crippen LogP contribution in [0.5, 0.6) is 0 Å². The smallest absolute Gasteiger partial charge is 0.352 e. The molecule has 2 heterocycles. The number of amides is 1. The van der Waals surface area contributed by atoms with Crippen molar-refractivity contribution >= 4 is 5.91 Å². The van der Waals surface area contributed by atoms with Gasteiger partial charge in [0, 0.05) is 13.1 Å². The molecule has 0 unspecified atom stereocenters. The molecule has 0 atom stereocenters. The molecular formula is C21H20N4O4. The first-order valence-electron chi connectivity index (χ1n) is 9.35. The molecule has 1 saturated heterocycles. The molecule has 3 aromatic rings. The molecule has 4 rings (SSSR count). The summed E-state index contributed by atoms with van der Waals surface area (Å²) >= 11 is 0. The molecule has 0 aliphatic carbocycles. The predicted octanol–water partition coefficient (Wildman–Crippen LogP) is 0.915. The van der Waals surface area contributed by atoms with Crippen molar-refractivity contribution in [2.24, 2.45) is 0 Å². The molecule has 0 saturated carbocycles. The summed E-state index contributed by atoms with van der Waals surface area (Å²) in [5.41, 5.74) is -0.296. The molecule has 1 aromatic heterocycles. The van der Waals surface area contributed by atoms with Crippen molar-refractivity contribution in [1.29, 1.82) is 0 Å². The van der Waals surface area contributed by atoms with E-state index in [0.717, 1.165) is 14.8 Å². The predicted molar refractivity (Wildman–Crippen MR) is 106 cm³/mol. The number of ether oxygens (including phenoxy) is 1. The van der Waals surface area contributed by atoms with E-state index in [0.29, 0.717) is 32.0 Å². The highest BCUT2D eigenvalue weighted by atomic mass is 16.5. The van der Waals surface area contributed by atoms with Crippen molar-refractivity contribution in [2.75, 3.05) is 26.3 Å². The Morgan fingerprint density at radius 2 is 1.55 bits per heavy atom. The van der Waals surface area contributed by atoms with E-state index in [4.69, 9.17) is 4.74 Å². The molecule has 2 aromatic carbocycles. The zero-order valence-electron chi connectivity index (χ0n) is 15.7. The van der Waals surface area contributed by atoms with Crippen LogP contribution in [0.3, 0.4) is 0 Å². The van der Waals surface area contributed by atoms with E-state index in [1.807, 2.05) is 36.4 Å². The van der Waals surface area contributed by atoms with E-state index in [1.165, 1.54) is 4.90 Å². The lowest BCUT2D eigenvalue weighted by Gasteiger charge is -2.26. The first kappa shape index (κ1) is 18.8. The fraction of sp³-hybridized carbons (Fsp3) is 0.238. The topological polar surface area (TPSA) is 86.4 Å². The van der Waals surface area contributed by atoms with Gasteiger partial charge in [-0.3, -0.25) is 14.2 Å². The summed E-state index contributed by atoms with van der Waals surface area (Å²) in [6, 6.07) is 17.9. The van der Waals surface area contributed by atoms with Crippen LogP contribution in [0.15, 0.2) is 70.3 Å². The zero-order chi connectivity index (χ0) is 20.2. The molecule has 0 bridgehead atoms. The van der Waals surface area contributed by atoms with E-state index in [-0.39, 0.29) is 12.2 Å². The number of nitrogens with zero attached hydrogens (tertiary/aromatic N) is 4. The molecule has 8 nitrogen and oxygen atoms in total. The number of rotatable bonds is 4. The second kappa shape index (κ2) is 8.24. The Morgan fingerprint density at radius 3 is 2.21 bits per heavy atom. The molecular weight excluding hydrogens is 372 g/mol. The van der Waals surface area contributed by atoms with Crippen molar-refractivity contribution in [2.45, 2.75) is 6.54 Å². The maximum absolute atomic E-state index is 13.1. The maximum Gasteiger partial charge on any atom is 0.352 e. The van der Waals surface area contributed by atoms with E-state index in [9.17, 15) is 14.4 Å². The number of aromatic nitrogens is 3. The molecule has 29 heavy (non-hydrogen) atoms. The van der Waals surface area contributed by atoms with Gasteiger partial charge in [0.15, 0.2) is 0 Å². The SMILES string of the molecule is O=C(c1nn(-c2ccccc2)c(=O)n(Cc2ccccc2)c1=O)N1CCOCC1. The second-order valence-corrected chi connectivity index (χ2v) is 6.66. The Balaban J connectivity index is 1.86. The molecule has 8 heteroatoms. The van der Waals surface area contributed by atoms with Crippen LogP contribution in [0.1, 0.15) is 16.1 Å². The Hall–Kier alpha value is -3.52. The van der Waals surface area contributed by atoms with Gasteiger partial charge in [-0.05, 0) is 17.7 Å². The Labute approximate surface area is 166 Å². The van der Waals surface area contributed by atoms with Crippen LogP contribution >= 0.6 is 0 Å². The zero-order valence-corrected chi connectivity index (χ0v) is 15.7. The van der Waals surface area contributed by atoms with Gasteiger partial charge in [0.05, 0.1) is 25.4 Å². The van der Waals surface area contributed by atoms with Gasteiger partial charge in [-0.15, -0.1) is 0 Å². The van der Waals surface area contributed by atoms with Crippen molar-refractivity contribution < 1.29 is 9.53 Å². The Bertz CT molecular complexity index is 1120. The fourth-order valence-electron chi connectivity index (χ4n) is 3.21. The van der Waals surface area contributed by atoms with Crippen LogP contribution in [0, 0.1) is 0 Å². The summed E-state index contributed by atoms with van der Waals surface area (Å²) in [6.07, 6.45) is 0. The number of hydrogen-bond donors (Lipinski definition) is 0. The van der Waals surface area contributed by atoms with Crippen LogP contribution in [0.4, 0.5) is 0 Å². The van der Waals surface area contributed by atoms with Gasteiger partial charge >= 0.3 is 5.69 Å². The third-order valence-corrected chi connectivity index (χ3v) is 4.74. The normalized spacial score (nSPS) is 14.0. The lowest BCUT2D eigenvalue weighted by Crippen LogP contribution is -2.48.